The lowest BCUT2D eigenvalue weighted by Gasteiger charge is -2.44. The standard InChI is InChI=1S/C27H39N5O2/c28-25(29)19-11-9-17(10-12-19)16-31-26(33)23-15-20-6-2-4-8-22(20)32(23)27(34)24-21-7-3-1-5-18(21)13-14-30-24/h9-12,18,20-24,30H,1-8,13-16H2,(H3,28,29)(H,31,33)/t18-,20-,21-,22-,23-,24+/m0/s1. The summed E-state index contributed by atoms with van der Waals surface area (Å²) in [6.07, 6.45) is 11.3. The molecule has 2 aliphatic heterocycles. The van der Waals surface area contributed by atoms with Crippen LogP contribution < -0.4 is 16.4 Å². The highest BCUT2D eigenvalue weighted by Gasteiger charge is 2.50. The molecule has 0 aromatic heterocycles. The summed E-state index contributed by atoms with van der Waals surface area (Å²) in [5.41, 5.74) is 7.18. The van der Waals surface area contributed by atoms with Crippen LogP contribution in [0.4, 0.5) is 0 Å². The summed E-state index contributed by atoms with van der Waals surface area (Å²) in [6, 6.07) is 7.10. The Balaban J connectivity index is 1.31. The van der Waals surface area contributed by atoms with Crippen LogP contribution in [0.15, 0.2) is 24.3 Å². The van der Waals surface area contributed by atoms with E-state index >= 15 is 0 Å². The molecule has 5 N–H and O–H groups in total. The van der Waals surface area contributed by atoms with E-state index in [-0.39, 0.29) is 35.8 Å². The Morgan fingerprint density at radius 1 is 1.00 bits per heavy atom. The highest BCUT2D eigenvalue weighted by atomic mass is 16.2. The molecule has 7 heteroatoms. The Bertz CT molecular complexity index is 914. The van der Waals surface area contributed by atoms with Gasteiger partial charge in [0.15, 0.2) is 0 Å². The number of hydrogen-bond acceptors (Lipinski definition) is 4. The Hall–Kier alpha value is -2.41. The number of carbonyl (C=O) groups excluding carboxylic acids is 2. The minimum Gasteiger partial charge on any atom is -0.384 e. The van der Waals surface area contributed by atoms with E-state index in [2.05, 4.69) is 10.6 Å². The van der Waals surface area contributed by atoms with Crippen LogP contribution in [0.1, 0.15) is 75.3 Å². The minimum atomic E-state index is -0.372. The van der Waals surface area contributed by atoms with E-state index in [1.165, 1.54) is 32.1 Å². The second kappa shape index (κ2) is 10.1. The van der Waals surface area contributed by atoms with Gasteiger partial charge < -0.3 is 21.3 Å². The molecule has 0 unspecified atom stereocenters. The van der Waals surface area contributed by atoms with E-state index in [9.17, 15) is 9.59 Å². The molecule has 0 bridgehead atoms. The molecule has 2 saturated heterocycles. The number of amides is 2. The summed E-state index contributed by atoms with van der Waals surface area (Å²) >= 11 is 0. The van der Waals surface area contributed by atoms with Crippen molar-refractivity contribution in [1.82, 2.24) is 15.5 Å². The number of nitrogens with one attached hydrogen (secondary N) is 3. The normalized spacial score (nSPS) is 33.0. The van der Waals surface area contributed by atoms with Gasteiger partial charge >= 0.3 is 0 Å². The smallest absolute Gasteiger partial charge is 0.243 e. The maximum absolute atomic E-state index is 14.1. The molecule has 0 spiro atoms. The molecule has 4 aliphatic rings. The summed E-state index contributed by atoms with van der Waals surface area (Å²) in [6.45, 7) is 1.32. The van der Waals surface area contributed by atoms with Gasteiger partial charge in [-0.1, -0.05) is 56.4 Å². The second-order valence-corrected chi connectivity index (χ2v) is 10.9. The number of nitrogens with two attached hydrogens (primary N) is 1. The number of amidine groups is 1. The molecule has 34 heavy (non-hydrogen) atoms. The average Bonchev–Trinajstić information content (AvgIpc) is 3.26. The van der Waals surface area contributed by atoms with E-state index in [1.54, 1.807) is 12.1 Å². The first-order chi connectivity index (χ1) is 16.5. The van der Waals surface area contributed by atoms with Gasteiger partial charge in [0.25, 0.3) is 0 Å². The molecule has 7 nitrogen and oxygen atoms in total. The summed E-state index contributed by atoms with van der Waals surface area (Å²) in [5, 5.41) is 14.2. The quantitative estimate of drug-likeness (QED) is 0.396. The number of carbonyl (C=O) groups is 2. The average molecular weight is 466 g/mol. The topological polar surface area (TPSA) is 111 Å². The first kappa shape index (κ1) is 23.3. The van der Waals surface area contributed by atoms with Crippen LogP contribution in [0.5, 0.6) is 0 Å². The number of rotatable bonds is 5. The zero-order valence-electron chi connectivity index (χ0n) is 20.1. The fourth-order valence-electron chi connectivity index (χ4n) is 7.16. The first-order valence-electron chi connectivity index (χ1n) is 13.3. The fourth-order valence-corrected chi connectivity index (χ4v) is 7.16. The van der Waals surface area contributed by atoms with Crippen molar-refractivity contribution >= 4 is 17.6 Å². The highest BCUT2D eigenvalue weighted by molar-refractivity contribution is 5.95. The Morgan fingerprint density at radius 3 is 2.47 bits per heavy atom. The first-order valence-corrected chi connectivity index (χ1v) is 13.3. The predicted molar refractivity (Wildman–Crippen MR) is 132 cm³/mol. The van der Waals surface area contributed by atoms with Gasteiger partial charge in [-0.3, -0.25) is 15.0 Å². The van der Waals surface area contributed by atoms with Gasteiger partial charge in [-0.15, -0.1) is 0 Å². The summed E-state index contributed by atoms with van der Waals surface area (Å²) in [5.74, 6) is 1.69. The number of hydrogen-bond donors (Lipinski definition) is 4. The number of fused-ring (bicyclic) bond motifs is 2. The van der Waals surface area contributed by atoms with Gasteiger partial charge in [-0.05, 0) is 62.0 Å². The van der Waals surface area contributed by atoms with Crippen molar-refractivity contribution < 1.29 is 9.59 Å². The maximum atomic E-state index is 14.1. The zero-order chi connectivity index (χ0) is 23.7. The molecule has 5 rings (SSSR count). The molecule has 1 aromatic carbocycles. The fraction of sp³-hybridized carbons (Fsp3) is 0.667. The number of benzene rings is 1. The van der Waals surface area contributed by atoms with Gasteiger partial charge in [0.2, 0.25) is 11.8 Å². The highest BCUT2D eigenvalue weighted by Crippen LogP contribution is 2.43. The van der Waals surface area contributed by atoms with Crippen LogP contribution in [0, 0.1) is 23.2 Å². The largest absolute Gasteiger partial charge is 0.384 e. The SMILES string of the molecule is N=C(N)c1ccc(CNC(=O)[C@@H]2C[C@@H]3CCCC[C@@H]3N2C(=O)[C@@H]2NCC[C@@H]3CCCC[C@@H]32)cc1. The minimum absolute atomic E-state index is 0.0330. The van der Waals surface area contributed by atoms with E-state index < -0.39 is 0 Å². The van der Waals surface area contributed by atoms with Gasteiger partial charge in [-0.2, -0.15) is 0 Å². The van der Waals surface area contributed by atoms with Crippen molar-refractivity contribution in [3.8, 4) is 0 Å². The van der Waals surface area contributed by atoms with Crippen LogP contribution in [0.25, 0.3) is 0 Å². The van der Waals surface area contributed by atoms with Crippen molar-refractivity contribution in [2.24, 2.45) is 23.5 Å². The van der Waals surface area contributed by atoms with E-state index in [0.717, 1.165) is 44.2 Å². The van der Waals surface area contributed by atoms with E-state index in [4.69, 9.17) is 11.1 Å². The number of nitrogen functional groups attached to an aromatic ring is 1. The third-order valence-corrected chi connectivity index (χ3v) is 8.92. The van der Waals surface area contributed by atoms with Crippen LogP contribution in [0.2, 0.25) is 0 Å². The lowest BCUT2D eigenvalue weighted by molar-refractivity contribution is -0.145. The molecule has 2 amide bonds. The predicted octanol–water partition coefficient (Wildman–Crippen LogP) is 2.91. The van der Waals surface area contributed by atoms with Crippen molar-refractivity contribution in [3.63, 3.8) is 0 Å². The van der Waals surface area contributed by atoms with Gasteiger partial charge in [0.1, 0.15) is 11.9 Å². The monoisotopic (exact) mass is 465 g/mol. The van der Waals surface area contributed by atoms with Crippen LogP contribution in [0.3, 0.4) is 0 Å². The lowest BCUT2D eigenvalue weighted by atomic mass is 9.71. The molecule has 2 saturated carbocycles. The summed E-state index contributed by atoms with van der Waals surface area (Å²) < 4.78 is 0. The lowest BCUT2D eigenvalue weighted by Crippen LogP contribution is -2.60. The number of piperidine rings is 1. The maximum Gasteiger partial charge on any atom is 0.243 e. The molecule has 4 fully saturated rings. The van der Waals surface area contributed by atoms with Crippen molar-refractivity contribution in [3.05, 3.63) is 35.4 Å². The van der Waals surface area contributed by atoms with Crippen LogP contribution >= 0.6 is 0 Å². The molecule has 0 radical (unpaired) electrons. The molecular weight excluding hydrogens is 426 g/mol. The van der Waals surface area contributed by atoms with E-state index in [0.29, 0.717) is 29.9 Å². The summed E-state index contributed by atoms with van der Waals surface area (Å²) in [4.78, 5) is 29.5. The molecule has 2 aliphatic carbocycles. The van der Waals surface area contributed by atoms with Crippen molar-refractivity contribution in [2.75, 3.05) is 6.54 Å². The molecule has 6 atom stereocenters. The summed E-state index contributed by atoms with van der Waals surface area (Å²) in [7, 11) is 0. The van der Waals surface area contributed by atoms with Gasteiger partial charge in [0, 0.05) is 18.2 Å². The Morgan fingerprint density at radius 2 is 1.71 bits per heavy atom. The van der Waals surface area contributed by atoms with Crippen molar-refractivity contribution in [1.29, 1.82) is 5.41 Å². The van der Waals surface area contributed by atoms with Gasteiger partial charge in [0.05, 0.1) is 6.04 Å². The Labute approximate surface area is 202 Å². The van der Waals surface area contributed by atoms with E-state index in [1.807, 2.05) is 17.0 Å². The zero-order valence-corrected chi connectivity index (χ0v) is 20.1. The molecule has 1 aromatic rings. The Kier molecular flexibility index (Phi) is 6.91. The third kappa shape index (κ3) is 4.59. The molecular formula is C27H39N5O2. The third-order valence-electron chi connectivity index (χ3n) is 8.92. The van der Waals surface area contributed by atoms with Gasteiger partial charge in [-0.25, -0.2) is 0 Å². The van der Waals surface area contributed by atoms with Crippen LogP contribution in [-0.4, -0.2) is 47.2 Å². The number of nitrogens with zero attached hydrogens (tertiary/aromatic N) is 1. The molecule has 2 heterocycles. The van der Waals surface area contributed by atoms with Crippen LogP contribution in [-0.2, 0) is 16.1 Å². The second-order valence-electron chi connectivity index (χ2n) is 10.9. The molecule has 184 valence electrons. The number of likely N-dealkylation sites (tertiary alicyclic amines) is 1. The van der Waals surface area contributed by atoms with Crippen molar-refractivity contribution in [2.45, 2.75) is 88.9 Å².